The molecule has 2 radical (unpaired) electrons. The summed E-state index contributed by atoms with van der Waals surface area (Å²) in [7, 11) is 0. The van der Waals surface area contributed by atoms with Crippen molar-refractivity contribution in [3.8, 4) is 0 Å². The molecule has 0 saturated heterocycles. The second-order valence-electron chi connectivity index (χ2n) is 6.48. The van der Waals surface area contributed by atoms with Gasteiger partial charge in [-0.2, -0.15) is 0 Å². The Hall–Kier alpha value is -0.520. The van der Waals surface area contributed by atoms with E-state index in [1.807, 2.05) is 5.92 Å². The molecule has 0 aliphatic heterocycles. The van der Waals surface area contributed by atoms with E-state index in [-0.39, 0.29) is 0 Å². The molecule has 0 unspecified atom stereocenters. The largest absolute Gasteiger partial charge is 0.103 e. The van der Waals surface area contributed by atoms with Crippen LogP contribution in [0.5, 0.6) is 0 Å². The highest BCUT2D eigenvalue weighted by atomic mass is 14.4. The Kier molecular flexibility index (Phi) is 6.20. The van der Waals surface area contributed by atoms with Gasteiger partial charge in [-0.1, -0.05) is 12.2 Å². The van der Waals surface area contributed by atoms with E-state index < -0.39 is 0 Å². The average Bonchev–Trinajstić information content (AvgIpc) is 2.47. The van der Waals surface area contributed by atoms with Crippen molar-refractivity contribution >= 4 is 0 Å². The molecule has 2 saturated carbocycles. The first-order valence-electron chi connectivity index (χ1n) is 8.23. The van der Waals surface area contributed by atoms with Crippen LogP contribution in [0.25, 0.3) is 0 Å². The highest BCUT2D eigenvalue weighted by molar-refractivity contribution is 5.07. The molecule has 0 atom stereocenters. The molecule has 0 amide bonds. The summed E-state index contributed by atoms with van der Waals surface area (Å²) in [5, 5.41) is 0. The van der Waals surface area contributed by atoms with Crippen molar-refractivity contribution in [1.29, 1.82) is 0 Å². The van der Waals surface area contributed by atoms with Gasteiger partial charge in [-0.05, 0) is 94.3 Å². The zero-order valence-corrected chi connectivity index (χ0v) is 12.5. The molecule has 2 aliphatic rings. The molecule has 0 bridgehead atoms. The summed E-state index contributed by atoms with van der Waals surface area (Å²) in [6.07, 6.45) is 19.2. The van der Waals surface area contributed by atoms with Crippen LogP contribution in [0.2, 0.25) is 0 Å². The quantitative estimate of drug-likeness (QED) is 0.508. The van der Waals surface area contributed by atoms with E-state index in [0.29, 0.717) is 0 Å². The van der Waals surface area contributed by atoms with Crippen LogP contribution in [0.15, 0.2) is 25.3 Å². The monoisotopic (exact) mass is 258 g/mol. The fourth-order valence-corrected chi connectivity index (χ4v) is 3.94. The molecule has 0 heteroatoms. The van der Waals surface area contributed by atoms with Gasteiger partial charge < -0.3 is 0 Å². The fourth-order valence-electron chi connectivity index (χ4n) is 3.94. The highest BCUT2D eigenvalue weighted by Crippen LogP contribution is 2.44. The molecule has 0 spiro atoms. The molecule has 19 heavy (non-hydrogen) atoms. The van der Waals surface area contributed by atoms with E-state index in [1.165, 1.54) is 64.2 Å². The minimum atomic E-state index is 0.953. The Labute approximate surface area is 120 Å². The summed E-state index contributed by atoms with van der Waals surface area (Å²) in [4.78, 5) is 0. The van der Waals surface area contributed by atoms with E-state index in [1.54, 1.807) is 5.92 Å². The van der Waals surface area contributed by atoms with Gasteiger partial charge in [0.2, 0.25) is 0 Å². The first kappa shape index (κ1) is 14.9. The minimum Gasteiger partial charge on any atom is -0.103 e. The van der Waals surface area contributed by atoms with Crippen LogP contribution in [0.3, 0.4) is 0 Å². The summed E-state index contributed by atoms with van der Waals surface area (Å²) in [5.41, 5.74) is 0. The molecule has 0 N–H and O–H groups in total. The number of hydrogen-bond donors (Lipinski definition) is 0. The molecule has 0 aromatic rings. The standard InChI is InChI=1S/C19H30/c1-3-5-7-17-10-14-19(15-11-17)18-12-8-16(6-4-2)9-13-18/h3-4,17-18H,1-2,5-15H2. The third kappa shape index (κ3) is 4.51. The third-order valence-electron chi connectivity index (χ3n) is 5.23. The number of rotatable bonds is 6. The molecule has 0 nitrogen and oxygen atoms in total. The first-order chi connectivity index (χ1) is 9.33. The van der Waals surface area contributed by atoms with E-state index in [9.17, 15) is 0 Å². The van der Waals surface area contributed by atoms with Gasteiger partial charge >= 0.3 is 0 Å². The topological polar surface area (TPSA) is 0 Å². The Bertz CT molecular complexity index is 262. The Balaban J connectivity index is 1.67. The molecule has 2 fully saturated rings. The van der Waals surface area contributed by atoms with Crippen LogP contribution < -0.4 is 0 Å². The maximum Gasteiger partial charge on any atom is -0.0203 e. The summed E-state index contributed by atoms with van der Waals surface area (Å²) in [5.74, 6) is 5.58. The normalized spacial score (nSPS) is 24.4. The predicted molar refractivity (Wildman–Crippen MR) is 84.6 cm³/mol. The van der Waals surface area contributed by atoms with Crippen LogP contribution in [0.1, 0.15) is 70.6 Å². The van der Waals surface area contributed by atoms with Gasteiger partial charge in [0.1, 0.15) is 0 Å². The summed E-state index contributed by atoms with van der Waals surface area (Å²) in [6.45, 7) is 7.70. The van der Waals surface area contributed by atoms with Crippen LogP contribution in [0, 0.1) is 23.7 Å². The fraction of sp³-hybridized carbons (Fsp3) is 0.684. The lowest BCUT2D eigenvalue weighted by molar-refractivity contribution is 0.285. The van der Waals surface area contributed by atoms with Gasteiger partial charge in [-0.15, -0.1) is 13.2 Å². The van der Waals surface area contributed by atoms with Gasteiger partial charge in [-0.3, -0.25) is 0 Å². The summed E-state index contributed by atoms with van der Waals surface area (Å²) < 4.78 is 0. The third-order valence-corrected chi connectivity index (χ3v) is 5.23. The van der Waals surface area contributed by atoms with Crippen LogP contribution in [-0.4, -0.2) is 0 Å². The van der Waals surface area contributed by atoms with Gasteiger partial charge in [0, 0.05) is 0 Å². The SMILES string of the molecule is C=CCCC1CC[C](C2CC[C](CC=C)CC2)CC1. The predicted octanol–water partition coefficient (Wildman–Crippen LogP) is 6.06. The molecular weight excluding hydrogens is 228 g/mol. The van der Waals surface area contributed by atoms with E-state index in [0.717, 1.165) is 18.3 Å². The highest BCUT2D eigenvalue weighted by Gasteiger charge is 2.30. The molecule has 2 rings (SSSR count). The van der Waals surface area contributed by atoms with E-state index in [2.05, 4.69) is 25.3 Å². The molecule has 0 aromatic heterocycles. The second kappa shape index (κ2) is 7.92. The lowest BCUT2D eigenvalue weighted by Gasteiger charge is -2.37. The minimum absolute atomic E-state index is 0.953. The van der Waals surface area contributed by atoms with E-state index >= 15 is 0 Å². The number of hydrogen-bond acceptors (Lipinski definition) is 0. The maximum absolute atomic E-state index is 3.86. The van der Waals surface area contributed by atoms with Gasteiger partial charge in [-0.25, -0.2) is 0 Å². The maximum atomic E-state index is 3.86. The lowest BCUT2D eigenvalue weighted by atomic mass is 9.68. The van der Waals surface area contributed by atoms with Crippen molar-refractivity contribution in [2.75, 3.05) is 0 Å². The van der Waals surface area contributed by atoms with Crippen molar-refractivity contribution in [3.05, 3.63) is 37.1 Å². The van der Waals surface area contributed by atoms with E-state index in [4.69, 9.17) is 0 Å². The first-order valence-corrected chi connectivity index (χ1v) is 8.23. The van der Waals surface area contributed by atoms with Crippen molar-refractivity contribution in [3.63, 3.8) is 0 Å². The van der Waals surface area contributed by atoms with Crippen molar-refractivity contribution in [1.82, 2.24) is 0 Å². The van der Waals surface area contributed by atoms with Crippen molar-refractivity contribution in [2.24, 2.45) is 11.8 Å². The Morgan fingerprint density at radius 3 is 2.16 bits per heavy atom. The van der Waals surface area contributed by atoms with Crippen LogP contribution >= 0.6 is 0 Å². The van der Waals surface area contributed by atoms with Gasteiger partial charge in [0.15, 0.2) is 0 Å². The molecule has 106 valence electrons. The van der Waals surface area contributed by atoms with Crippen molar-refractivity contribution < 1.29 is 0 Å². The van der Waals surface area contributed by atoms with Gasteiger partial charge in [0.25, 0.3) is 0 Å². The Morgan fingerprint density at radius 1 is 0.895 bits per heavy atom. The lowest BCUT2D eigenvalue weighted by Crippen LogP contribution is -2.23. The smallest absolute Gasteiger partial charge is 0.0203 e. The number of allylic oxidation sites excluding steroid dienone is 2. The van der Waals surface area contributed by atoms with Crippen LogP contribution in [-0.2, 0) is 0 Å². The summed E-state index contributed by atoms with van der Waals surface area (Å²) >= 11 is 0. The molecular formula is C19H30. The molecule has 0 heterocycles. The molecule has 2 aliphatic carbocycles. The van der Waals surface area contributed by atoms with Crippen molar-refractivity contribution in [2.45, 2.75) is 70.6 Å². The zero-order chi connectivity index (χ0) is 13.5. The summed E-state index contributed by atoms with van der Waals surface area (Å²) in [6, 6.07) is 0. The van der Waals surface area contributed by atoms with Gasteiger partial charge in [0.05, 0.1) is 0 Å². The Morgan fingerprint density at radius 2 is 1.58 bits per heavy atom. The average molecular weight is 258 g/mol. The zero-order valence-electron chi connectivity index (χ0n) is 12.5. The molecule has 0 aromatic carbocycles. The van der Waals surface area contributed by atoms with Crippen LogP contribution in [0.4, 0.5) is 0 Å². The second-order valence-corrected chi connectivity index (χ2v) is 6.48.